The predicted octanol–water partition coefficient (Wildman–Crippen LogP) is 6.45. The van der Waals surface area contributed by atoms with Gasteiger partial charge < -0.3 is 10.2 Å². The minimum Gasteiger partial charge on any atom is -0.350 e. The standard InChI is InChI=1S/C31H37Cl2N3O4S/c1-20-12-15-24(16-13-20)41(39,40)36(28-17-21(2)11-14-22(28)3)19-29(37)35(23(4)30(38)34-31(5,6)7)18-25-26(32)9-8-10-27(25)33/h8-17,23H,18-19H2,1-7H3,(H,34,38)/t23-/m0/s1. The number of halogens is 2. The van der Waals surface area contributed by atoms with Crippen LogP contribution in [0, 0.1) is 20.8 Å². The van der Waals surface area contributed by atoms with Crippen molar-refractivity contribution in [2.24, 2.45) is 0 Å². The van der Waals surface area contributed by atoms with E-state index in [1.807, 2.05) is 46.8 Å². The molecule has 3 aromatic carbocycles. The van der Waals surface area contributed by atoms with Gasteiger partial charge in [-0.25, -0.2) is 8.42 Å². The second kappa shape index (κ2) is 12.8. The number of sulfonamides is 1. The molecule has 0 aliphatic rings. The van der Waals surface area contributed by atoms with Crippen molar-refractivity contribution in [3.8, 4) is 0 Å². The van der Waals surface area contributed by atoms with Gasteiger partial charge >= 0.3 is 0 Å². The van der Waals surface area contributed by atoms with Crippen molar-refractivity contribution in [2.75, 3.05) is 10.8 Å². The molecule has 41 heavy (non-hydrogen) atoms. The van der Waals surface area contributed by atoms with Crippen molar-refractivity contribution >= 4 is 50.7 Å². The molecule has 0 fully saturated rings. The van der Waals surface area contributed by atoms with Gasteiger partial charge in [0, 0.05) is 27.7 Å². The molecular weight excluding hydrogens is 581 g/mol. The largest absolute Gasteiger partial charge is 0.350 e. The van der Waals surface area contributed by atoms with Crippen molar-refractivity contribution in [3.63, 3.8) is 0 Å². The number of anilines is 1. The third-order valence-corrected chi connectivity index (χ3v) is 9.06. The average Bonchev–Trinajstić information content (AvgIpc) is 2.87. The van der Waals surface area contributed by atoms with Crippen LogP contribution in [0.1, 0.15) is 49.9 Å². The summed E-state index contributed by atoms with van der Waals surface area (Å²) in [4.78, 5) is 28.8. The predicted molar refractivity (Wildman–Crippen MR) is 166 cm³/mol. The Labute approximate surface area is 253 Å². The van der Waals surface area contributed by atoms with E-state index in [2.05, 4.69) is 5.32 Å². The van der Waals surface area contributed by atoms with Gasteiger partial charge in [-0.05, 0) is 89.9 Å². The Kier molecular flexibility index (Phi) is 10.2. The van der Waals surface area contributed by atoms with Crippen LogP contribution in [-0.2, 0) is 26.2 Å². The topological polar surface area (TPSA) is 86.8 Å². The summed E-state index contributed by atoms with van der Waals surface area (Å²) in [6, 6.07) is 15.9. The lowest BCUT2D eigenvalue weighted by Gasteiger charge is -2.34. The van der Waals surface area contributed by atoms with E-state index in [1.54, 1.807) is 50.2 Å². The number of amides is 2. The van der Waals surface area contributed by atoms with Crippen molar-refractivity contribution in [2.45, 2.75) is 71.5 Å². The first-order valence-corrected chi connectivity index (χ1v) is 15.4. The molecule has 0 aliphatic heterocycles. The van der Waals surface area contributed by atoms with Gasteiger partial charge in [0.05, 0.1) is 10.6 Å². The van der Waals surface area contributed by atoms with E-state index in [0.29, 0.717) is 26.9 Å². The molecule has 0 spiro atoms. The molecule has 0 aromatic heterocycles. The highest BCUT2D eigenvalue weighted by Gasteiger charge is 2.34. The molecule has 0 heterocycles. The lowest BCUT2D eigenvalue weighted by Crippen LogP contribution is -2.54. The number of carbonyl (C=O) groups excluding carboxylic acids is 2. The van der Waals surface area contributed by atoms with Gasteiger partial charge in [0.15, 0.2) is 0 Å². The summed E-state index contributed by atoms with van der Waals surface area (Å²) in [6.45, 7) is 12.0. The number of benzene rings is 3. The lowest BCUT2D eigenvalue weighted by atomic mass is 10.1. The maximum Gasteiger partial charge on any atom is 0.264 e. The summed E-state index contributed by atoms with van der Waals surface area (Å²) < 4.78 is 29.2. The number of carbonyl (C=O) groups is 2. The second-order valence-electron chi connectivity index (χ2n) is 11.3. The maximum absolute atomic E-state index is 14.1. The average molecular weight is 619 g/mol. The first-order chi connectivity index (χ1) is 19.0. The van der Waals surface area contributed by atoms with Crippen molar-refractivity contribution < 1.29 is 18.0 Å². The van der Waals surface area contributed by atoms with Gasteiger partial charge in [0.25, 0.3) is 10.0 Å². The molecule has 0 unspecified atom stereocenters. The summed E-state index contributed by atoms with van der Waals surface area (Å²) in [7, 11) is -4.17. The van der Waals surface area contributed by atoms with Crippen LogP contribution in [0.25, 0.3) is 0 Å². The zero-order chi connectivity index (χ0) is 30.7. The van der Waals surface area contributed by atoms with Gasteiger partial charge in [-0.1, -0.05) is 59.1 Å². The second-order valence-corrected chi connectivity index (χ2v) is 13.9. The molecular formula is C31H37Cl2N3O4S. The quantitative estimate of drug-likeness (QED) is 0.299. The Hall–Kier alpha value is -3.07. The normalized spacial score (nSPS) is 12.5. The molecule has 0 aliphatic carbocycles. The number of rotatable bonds is 9. The molecule has 220 valence electrons. The van der Waals surface area contributed by atoms with E-state index in [1.165, 1.54) is 17.0 Å². The van der Waals surface area contributed by atoms with Gasteiger partial charge in [0.2, 0.25) is 11.8 Å². The highest BCUT2D eigenvalue weighted by molar-refractivity contribution is 7.92. The summed E-state index contributed by atoms with van der Waals surface area (Å²) in [5.41, 5.74) is 2.69. The Balaban J connectivity index is 2.12. The zero-order valence-electron chi connectivity index (χ0n) is 24.5. The molecule has 0 saturated heterocycles. The molecule has 7 nitrogen and oxygen atoms in total. The summed E-state index contributed by atoms with van der Waals surface area (Å²) in [5.74, 6) is -0.983. The summed E-state index contributed by atoms with van der Waals surface area (Å²) in [5, 5.41) is 3.56. The monoisotopic (exact) mass is 617 g/mol. The van der Waals surface area contributed by atoms with Gasteiger partial charge in [-0.2, -0.15) is 0 Å². The molecule has 2 amide bonds. The van der Waals surface area contributed by atoms with E-state index < -0.39 is 40.0 Å². The Morgan fingerprint density at radius 3 is 2.02 bits per heavy atom. The highest BCUT2D eigenvalue weighted by atomic mass is 35.5. The fourth-order valence-electron chi connectivity index (χ4n) is 4.25. The number of nitrogens with one attached hydrogen (secondary N) is 1. The Bertz CT molecular complexity index is 1510. The van der Waals surface area contributed by atoms with E-state index in [0.717, 1.165) is 15.4 Å². The Morgan fingerprint density at radius 1 is 0.902 bits per heavy atom. The zero-order valence-corrected chi connectivity index (χ0v) is 26.8. The van der Waals surface area contributed by atoms with E-state index in [9.17, 15) is 18.0 Å². The maximum atomic E-state index is 14.1. The molecule has 1 N–H and O–H groups in total. The van der Waals surface area contributed by atoms with Crippen LogP contribution in [0.2, 0.25) is 10.0 Å². The molecule has 3 rings (SSSR count). The number of aryl methyl sites for hydroxylation is 3. The molecule has 3 aromatic rings. The molecule has 0 bridgehead atoms. The van der Waals surface area contributed by atoms with Gasteiger partial charge in [-0.3, -0.25) is 13.9 Å². The van der Waals surface area contributed by atoms with Gasteiger partial charge in [-0.15, -0.1) is 0 Å². The fraction of sp³-hybridized carbons (Fsp3) is 0.355. The van der Waals surface area contributed by atoms with Crippen molar-refractivity contribution in [3.05, 3.63) is 93.0 Å². The lowest BCUT2D eigenvalue weighted by molar-refractivity contribution is -0.140. The van der Waals surface area contributed by atoms with Crippen LogP contribution in [0.5, 0.6) is 0 Å². The molecule has 1 atom stereocenters. The van der Waals surface area contributed by atoms with Crippen LogP contribution in [0.15, 0.2) is 65.6 Å². The third kappa shape index (κ3) is 8.03. The van der Waals surface area contributed by atoms with Crippen LogP contribution in [-0.4, -0.2) is 43.3 Å². The number of hydrogen-bond acceptors (Lipinski definition) is 4. The first-order valence-electron chi connectivity index (χ1n) is 13.2. The SMILES string of the molecule is Cc1ccc(S(=O)(=O)N(CC(=O)N(Cc2c(Cl)cccc2Cl)[C@@H](C)C(=O)NC(C)(C)C)c2cc(C)ccc2C)cc1. The first kappa shape index (κ1) is 32.4. The van der Waals surface area contributed by atoms with Crippen molar-refractivity contribution in [1.29, 1.82) is 0 Å². The fourth-order valence-corrected chi connectivity index (χ4v) is 6.24. The minimum atomic E-state index is -4.17. The van der Waals surface area contributed by atoms with Crippen LogP contribution >= 0.6 is 23.2 Å². The smallest absolute Gasteiger partial charge is 0.264 e. The minimum absolute atomic E-state index is 0.0519. The van der Waals surface area contributed by atoms with Gasteiger partial charge in [0.1, 0.15) is 12.6 Å². The third-order valence-electron chi connectivity index (χ3n) is 6.58. The molecule has 10 heteroatoms. The number of nitrogens with zero attached hydrogens (tertiary/aromatic N) is 2. The van der Waals surface area contributed by atoms with Crippen LogP contribution in [0.4, 0.5) is 5.69 Å². The van der Waals surface area contributed by atoms with E-state index in [-0.39, 0.29) is 11.4 Å². The van der Waals surface area contributed by atoms with E-state index in [4.69, 9.17) is 23.2 Å². The Morgan fingerprint density at radius 2 is 1.46 bits per heavy atom. The van der Waals surface area contributed by atoms with Crippen LogP contribution in [0.3, 0.4) is 0 Å². The highest BCUT2D eigenvalue weighted by Crippen LogP contribution is 2.30. The number of hydrogen-bond donors (Lipinski definition) is 1. The molecule has 0 saturated carbocycles. The summed E-state index contributed by atoms with van der Waals surface area (Å²) in [6.07, 6.45) is 0. The molecule has 0 radical (unpaired) electrons. The van der Waals surface area contributed by atoms with Crippen LogP contribution < -0.4 is 9.62 Å². The van der Waals surface area contributed by atoms with E-state index >= 15 is 0 Å². The summed E-state index contributed by atoms with van der Waals surface area (Å²) >= 11 is 12.9. The van der Waals surface area contributed by atoms with Crippen molar-refractivity contribution in [1.82, 2.24) is 10.2 Å².